The van der Waals surface area contributed by atoms with Gasteiger partial charge in [-0.1, -0.05) is 0 Å². The van der Waals surface area contributed by atoms with Crippen molar-refractivity contribution in [2.75, 3.05) is 20.3 Å². The van der Waals surface area contributed by atoms with Crippen molar-refractivity contribution in [1.29, 1.82) is 0 Å². The number of hydrogen-bond donors (Lipinski definition) is 2. The van der Waals surface area contributed by atoms with E-state index in [4.69, 9.17) is 4.74 Å². The highest BCUT2D eigenvalue weighted by molar-refractivity contribution is 5.48. The zero-order valence-electron chi connectivity index (χ0n) is 11.0. The number of halogens is 1. The summed E-state index contributed by atoms with van der Waals surface area (Å²) in [6, 6.07) is 4.15. The lowest BCUT2D eigenvalue weighted by Gasteiger charge is -2.05. The average molecular weight is 278 g/mol. The number of pyridine rings is 1. The fourth-order valence-electron chi connectivity index (χ4n) is 1.63. The summed E-state index contributed by atoms with van der Waals surface area (Å²) in [6.45, 7) is 1.69. The van der Waals surface area contributed by atoms with Crippen LogP contribution in [0.15, 0.2) is 29.2 Å². The maximum atomic E-state index is 12.8. The molecule has 0 unspecified atom stereocenters. The van der Waals surface area contributed by atoms with Crippen molar-refractivity contribution in [3.05, 3.63) is 46.3 Å². The first kappa shape index (κ1) is 14.3. The fourth-order valence-corrected chi connectivity index (χ4v) is 1.63. The van der Waals surface area contributed by atoms with Gasteiger partial charge in [-0.05, 0) is 12.1 Å². The van der Waals surface area contributed by atoms with Crippen molar-refractivity contribution in [3.8, 4) is 11.5 Å². The third-order valence-electron chi connectivity index (χ3n) is 2.55. The minimum Gasteiger partial charge on any atom is -0.383 e. The van der Waals surface area contributed by atoms with E-state index in [-0.39, 0.29) is 5.56 Å². The summed E-state index contributed by atoms with van der Waals surface area (Å²) in [4.78, 5) is 22.4. The molecule has 0 aliphatic carbocycles. The van der Waals surface area contributed by atoms with E-state index in [2.05, 4.69) is 20.3 Å². The van der Waals surface area contributed by atoms with Crippen LogP contribution in [0, 0.1) is 5.82 Å². The van der Waals surface area contributed by atoms with Gasteiger partial charge in [-0.25, -0.2) is 14.4 Å². The van der Waals surface area contributed by atoms with Crippen LogP contribution in [0.4, 0.5) is 4.39 Å². The Bertz CT molecular complexity index is 613. The van der Waals surface area contributed by atoms with Crippen molar-refractivity contribution in [3.63, 3.8) is 0 Å². The van der Waals surface area contributed by atoms with E-state index in [0.29, 0.717) is 36.9 Å². The molecule has 0 fully saturated rings. The molecule has 0 saturated heterocycles. The fraction of sp³-hybridized carbons (Fsp3) is 0.308. The molecule has 106 valence electrons. The van der Waals surface area contributed by atoms with Gasteiger partial charge in [-0.2, -0.15) is 0 Å². The molecule has 0 bridgehead atoms. The maximum Gasteiger partial charge on any atom is 0.251 e. The van der Waals surface area contributed by atoms with E-state index in [0.717, 1.165) is 6.20 Å². The van der Waals surface area contributed by atoms with Gasteiger partial charge >= 0.3 is 0 Å². The Kier molecular flexibility index (Phi) is 4.91. The van der Waals surface area contributed by atoms with E-state index < -0.39 is 5.82 Å². The summed E-state index contributed by atoms with van der Waals surface area (Å²) in [5.41, 5.74) is 0.734. The highest BCUT2D eigenvalue weighted by Gasteiger charge is 2.05. The van der Waals surface area contributed by atoms with E-state index in [1.54, 1.807) is 7.11 Å². The molecule has 0 aliphatic rings. The van der Waals surface area contributed by atoms with Crippen molar-refractivity contribution in [2.45, 2.75) is 6.54 Å². The molecule has 2 rings (SSSR count). The summed E-state index contributed by atoms with van der Waals surface area (Å²) in [5.74, 6) is -0.116. The van der Waals surface area contributed by atoms with Gasteiger partial charge in [0.1, 0.15) is 11.5 Å². The topological polar surface area (TPSA) is 79.9 Å². The molecule has 0 spiro atoms. The van der Waals surface area contributed by atoms with Crippen LogP contribution in [0.2, 0.25) is 0 Å². The lowest BCUT2D eigenvalue weighted by Crippen LogP contribution is -2.21. The Morgan fingerprint density at radius 3 is 3.00 bits per heavy atom. The van der Waals surface area contributed by atoms with Crippen molar-refractivity contribution in [2.24, 2.45) is 0 Å². The Morgan fingerprint density at radius 1 is 1.45 bits per heavy atom. The van der Waals surface area contributed by atoms with Crippen molar-refractivity contribution < 1.29 is 9.13 Å². The lowest BCUT2D eigenvalue weighted by molar-refractivity contribution is 0.199. The van der Waals surface area contributed by atoms with E-state index in [1.807, 2.05) is 0 Å². The zero-order chi connectivity index (χ0) is 14.4. The average Bonchev–Trinajstić information content (AvgIpc) is 2.44. The molecule has 0 amide bonds. The van der Waals surface area contributed by atoms with Crippen LogP contribution in [0.3, 0.4) is 0 Å². The standard InChI is InChI=1S/C13H15FN4O2/c1-20-5-4-15-8-10-6-12(19)18-13(17-10)11-3-2-9(14)7-16-11/h2-3,6-7,15H,4-5,8H2,1H3,(H,17,18,19). The Balaban J connectivity index is 2.16. The second-order valence-corrected chi connectivity index (χ2v) is 4.12. The molecule has 0 aromatic carbocycles. The molecule has 2 aromatic heterocycles. The number of H-pyrrole nitrogens is 1. The first-order chi connectivity index (χ1) is 9.69. The van der Waals surface area contributed by atoms with Gasteiger partial charge in [0.05, 0.1) is 18.5 Å². The second kappa shape index (κ2) is 6.88. The largest absolute Gasteiger partial charge is 0.383 e. The predicted octanol–water partition coefficient (Wildman–Crippen LogP) is 0.707. The van der Waals surface area contributed by atoms with Gasteiger partial charge in [0.2, 0.25) is 0 Å². The van der Waals surface area contributed by atoms with Crippen LogP contribution < -0.4 is 10.9 Å². The van der Waals surface area contributed by atoms with Crippen molar-refractivity contribution >= 4 is 0 Å². The first-order valence-electron chi connectivity index (χ1n) is 6.11. The second-order valence-electron chi connectivity index (χ2n) is 4.12. The first-order valence-corrected chi connectivity index (χ1v) is 6.11. The molecule has 0 radical (unpaired) electrons. The molecular formula is C13H15FN4O2. The summed E-state index contributed by atoms with van der Waals surface area (Å²) >= 11 is 0. The number of aromatic nitrogens is 3. The van der Waals surface area contributed by atoms with Gasteiger partial charge in [0.25, 0.3) is 5.56 Å². The SMILES string of the molecule is COCCNCc1cc(=O)[nH]c(-c2ccc(F)cn2)n1. The van der Waals surface area contributed by atoms with Gasteiger partial charge < -0.3 is 15.0 Å². The number of nitrogens with one attached hydrogen (secondary N) is 2. The monoisotopic (exact) mass is 278 g/mol. The molecule has 0 aliphatic heterocycles. The molecule has 0 atom stereocenters. The minimum absolute atomic E-state index is 0.273. The van der Waals surface area contributed by atoms with Crippen LogP contribution in [-0.4, -0.2) is 35.2 Å². The normalized spacial score (nSPS) is 10.7. The lowest BCUT2D eigenvalue weighted by atomic mass is 10.3. The van der Waals surface area contributed by atoms with Gasteiger partial charge in [0, 0.05) is 26.3 Å². The molecule has 20 heavy (non-hydrogen) atoms. The number of methoxy groups -OCH3 is 1. The summed E-state index contributed by atoms with van der Waals surface area (Å²) in [7, 11) is 1.62. The molecule has 2 aromatic rings. The number of aromatic amines is 1. The summed E-state index contributed by atoms with van der Waals surface area (Å²) < 4.78 is 17.7. The summed E-state index contributed by atoms with van der Waals surface area (Å²) in [5, 5.41) is 3.10. The molecule has 2 N–H and O–H groups in total. The third kappa shape index (κ3) is 3.94. The van der Waals surface area contributed by atoms with Crippen LogP contribution in [0.5, 0.6) is 0 Å². The molecule has 6 nitrogen and oxygen atoms in total. The number of rotatable bonds is 6. The Labute approximate surface area is 115 Å². The molecule has 0 saturated carbocycles. The van der Waals surface area contributed by atoms with Gasteiger partial charge in [-0.15, -0.1) is 0 Å². The van der Waals surface area contributed by atoms with Crippen LogP contribution in [0.25, 0.3) is 11.5 Å². The van der Waals surface area contributed by atoms with E-state index >= 15 is 0 Å². The third-order valence-corrected chi connectivity index (χ3v) is 2.55. The number of nitrogens with zero attached hydrogens (tertiary/aromatic N) is 2. The summed E-state index contributed by atoms with van der Waals surface area (Å²) in [6.07, 6.45) is 1.08. The van der Waals surface area contributed by atoms with Gasteiger partial charge in [0.15, 0.2) is 5.82 Å². The Morgan fingerprint density at radius 2 is 2.30 bits per heavy atom. The predicted molar refractivity (Wildman–Crippen MR) is 71.6 cm³/mol. The van der Waals surface area contributed by atoms with E-state index in [9.17, 15) is 9.18 Å². The smallest absolute Gasteiger partial charge is 0.251 e. The van der Waals surface area contributed by atoms with Gasteiger partial charge in [-0.3, -0.25) is 4.79 Å². The molecule has 7 heteroatoms. The maximum absolute atomic E-state index is 12.8. The quantitative estimate of drug-likeness (QED) is 0.761. The Hall–Kier alpha value is -2.12. The van der Waals surface area contributed by atoms with Crippen LogP contribution >= 0.6 is 0 Å². The zero-order valence-corrected chi connectivity index (χ0v) is 11.0. The molecular weight excluding hydrogens is 263 g/mol. The van der Waals surface area contributed by atoms with Crippen LogP contribution in [0.1, 0.15) is 5.69 Å². The number of hydrogen-bond acceptors (Lipinski definition) is 5. The number of ether oxygens (including phenoxy) is 1. The molecule has 2 heterocycles. The van der Waals surface area contributed by atoms with E-state index in [1.165, 1.54) is 18.2 Å². The van der Waals surface area contributed by atoms with Crippen molar-refractivity contribution in [1.82, 2.24) is 20.3 Å². The van der Waals surface area contributed by atoms with Crippen LogP contribution in [-0.2, 0) is 11.3 Å². The highest BCUT2D eigenvalue weighted by Crippen LogP contribution is 2.10. The highest BCUT2D eigenvalue weighted by atomic mass is 19.1. The minimum atomic E-state index is -0.437.